The molecule has 14 rings (SSSR count). The van der Waals surface area contributed by atoms with E-state index in [1.807, 2.05) is 62.4 Å². The predicted molar refractivity (Wildman–Crippen MR) is 399 cm³/mol. The quantitative estimate of drug-likeness (QED) is 0.0531. The summed E-state index contributed by atoms with van der Waals surface area (Å²) in [7, 11) is 0. The molecule has 10 N–H and O–H groups in total. The van der Waals surface area contributed by atoms with E-state index in [0.29, 0.717) is 91.7 Å². The second-order valence-corrected chi connectivity index (χ2v) is 26.4. The molecular weight excluding hydrogens is 1460 g/mol. The Morgan fingerprint density at radius 2 is 0.779 bits per heavy atom. The first-order valence-electron chi connectivity index (χ1n) is 31.2. The van der Waals surface area contributed by atoms with Crippen LogP contribution in [0.3, 0.4) is 0 Å². The Balaban J connectivity index is 0.000000153. The molecule has 4 aromatic carbocycles. The first-order chi connectivity index (χ1) is 49.5. The zero-order chi connectivity index (χ0) is 75.0. The van der Waals surface area contributed by atoms with Crippen LogP contribution in [-0.2, 0) is 47.5 Å². The number of nitrogens with zero attached hydrogens (tertiary/aromatic N) is 9. The number of primary amides is 1. The number of nitrogen functional groups attached to an aromatic ring is 1. The average Bonchev–Trinajstić information content (AvgIpc) is 1.61. The number of nitrogens with one attached hydrogen (secondary N) is 6. The number of hydrogen-bond donors (Lipinski definition) is 8. The second-order valence-electron chi connectivity index (χ2n) is 23.8. The number of carbonyl (C=O) groups excluding carboxylic acids is 5. The van der Waals surface area contributed by atoms with Crippen molar-refractivity contribution in [2.45, 2.75) is 70.4 Å². The van der Waals surface area contributed by atoms with Gasteiger partial charge < -0.3 is 43.0 Å². The van der Waals surface area contributed by atoms with Crippen molar-refractivity contribution in [3.8, 4) is 0 Å². The molecule has 0 aliphatic carbocycles. The Morgan fingerprint density at radius 1 is 0.433 bits per heavy atom. The van der Waals surface area contributed by atoms with E-state index in [0.717, 1.165) is 22.3 Å². The molecule has 7 aromatic heterocycles. The molecule has 3 aliphatic heterocycles. The van der Waals surface area contributed by atoms with Gasteiger partial charge in [-0.1, -0.05) is 118 Å². The largest absolute Gasteiger partial charge is 0.384 e. The van der Waals surface area contributed by atoms with Crippen molar-refractivity contribution < 1.29 is 24.0 Å². The van der Waals surface area contributed by atoms with E-state index in [-0.39, 0.29) is 55.9 Å². The summed E-state index contributed by atoms with van der Waals surface area (Å²) in [6.07, 6.45) is 10.8. The van der Waals surface area contributed by atoms with Gasteiger partial charge in [-0.25, -0.2) is 29.9 Å². The molecule has 0 radical (unpaired) electrons. The number of fused-ring (bicyclic) bond motifs is 3. The maximum absolute atomic E-state index is 13.1. The topological polar surface area (TPSA) is 374 Å². The molecule has 0 saturated heterocycles. The smallest absolute Gasteiger partial charge is 0.276 e. The van der Waals surface area contributed by atoms with Crippen molar-refractivity contribution in [3.63, 3.8) is 0 Å². The average molecular weight is 1520 g/mol. The number of carbonyl (C=O) groups is 5. The lowest BCUT2D eigenvalue weighted by atomic mass is 10.0. The van der Waals surface area contributed by atoms with Crippen molar-refractivity contribution in [1.82, 2.24) is 64.5 Å². The maximum atomic E-state index is 13.1. The van der Waals surface area contributed by atoms with E-state index in [4.69, 9.17) is 81.1 Å². The van der Waals surface area contributed by atoms with Crippen molar-refractivity contribution in [3.05, 3.63) is 318 Å². The van der Waals surface area contributed by atoms with E-state index >= 15 is 0 Å². The van der Waals surface area contributed by atoms with Crippen LogP contribution in [0.25, 0.3) is 0 Å². The Labute approximate surface area is 622 Å². The summed E-state index contributed by atoms with van der Waals surface area (Å²) in [6.45, 7) is 7.03. The molecule has 32 heteroatoms. The molecule has 4 amide bonds. The molecule has 3 aliphatic rings. The van der Waals surface area contributed by atoms with E-state index in [9.17, 15) is 43.2 Å². The first kappa shape index (κ1) is 76.8. The van der Waals surface area contributed by atoms with Crippen LogP contribution in [0, 0.1) is 0 Å². The SMILES string of the molecule is CC(=O)Cc1ccc(Cl)cc1.CC1(Cc2ccc(Cl)cc2)NC(=O)c2ccc(Cl)c(=O)n21.CC1(Cc2ccc(Cl)cc2)NC(=O)c2ccc(Nc3ccncn3)c(=O)n21.CC1(Cc2ccc(Cl)cc2)NC(=O)c2ccc(Nc3ccncn3)c(=O)n21.NC(=O)c1ccc(Cl)c(=O)[nH]1.Nc1ccncn1. The highest BCUT2D eigenvalue weighted by Crippen LogP contribution is 2.31. The van der Waals surface area contributed by atoms with Gasteiger partial charge in [0.2, 0.25) is 0 Å². The van der Waals surface area contributed by atoms with Crippen molar-refractivity contribution in [1.29, 1.82) is 0 Å². The summed E-state index contributed by atoms with van der Waals surface area (Å²) in [4.78, 5) is 133. The van der Waals surface area contributed by atoms with Gasteiger partial charge >= 0.3 is 0 Å². The van der Waals surface area contributed by atoms with Crippen LogP contribution < -0.4 is 60.3 Å². The number of amides is 4. The van der Waals surface area contributed by atoms with Crippen LogP contribution in [0.15, 0.2) is 221 Å². The van der Waals surface area contributed by atoms with Gasteiger partial charge in [-0.3, -0.25) is 56.9 Å². The van der Waals surface area contributed by atoms with Gasteiger partial charge in [0, 0.05) is 64.4 Å². The van der Waals surface area contributed by atoms with Crippen LogP contribution in [-0.4, -0.2) is 78.0 Å². The summed E-state index contributed by atoms with van der Waals surface area (Å²) >= 11 is 34.7. The third-order valence-electron chi connectivity index (χ3n) is 15.7. The third kappa shape index (κ3) is 19.6. The lowest BCUT2D eigenvalue weighted by Gasteiger charge is -2.27. The number of aromatic amines is 1. The van der Waals surface area contributed by atoms with Gasteiger partial charge in [0.15, 0.2) is 0 Å². The zero-order valence-corrected chi connectivity index (χ0v) is 60.0. The highest BCUT2D eigenvalue weighted by atomic mass is 35.5. The van der Waals surface area contributed by atoms with Crippen molar-refractivity contribution >= 4 is 128 Å². The number of rotatable bonds is 13. The highest BCUT2D eigenvalue weighted by Gasteiger charge is 2.43. The van der Waals surface area contributed by atoms with Crippen LogP contribution >= 0.6 is 69.6 Å². The Morgan fingerprint density at radius 3 is 1.10 bits per heavy atom. The van der Waals surface area contributed by atoms with E-state index in [2.05, 4.69) is 61.5 Å². The number of ketones is 1. The van der Waals surface area contributed by atoms with Gasteiger partial charge in [0.05, 0.1) is 0 Å². The predicted octanol–water partition coefficient (Wildman–Crippen LogP) is 10.9. The molecular formula is C72H63Cl6N17O9. The fourth-order valence-electron chi connectivity index (χ4n) is 11.0. The van der Waals surface area contributed by atoms with Gasteiger partial charge in [-0.15, -0.1) is 0 Å². The fourth-order valence-corrected chi connectivity index (χ4v) is 11.8. The van der Waals surface area contributed by atoms with E-state index in [1.165, 1.54) is 50.9 Å². The molecule has 0 fully saturated rings. The molecule has 0 spiro atoms. The van der Waals surface area contributed by atoms with Gasteiger partial charge in [0.25, 0.3) is 45.9 Å². The summed E-state index contributed by atoms with van der Waals surface area (Å²) in [5.41, 5.74) is 11.5. The summed E-state index contributed by atoms with van der Waals surface area (Å²) in [5, 5.41) is 17.4. The number of halogens is 6. The molecule has 26 nitrogen and oxygen atoms in total. The number of aromatic nitrogens is 10. The zero-order valence-electron chi connectivity index (χ0n) is 55.5. The number of hydrogen-bond acceptors (Lipinski definition) is 18. The number of benzene rings is 4. The van der Waals surface area contributed by atoms with Gasteiger partial charge in [-0.2, -0.15) is 0 Å². The number of pyridine rings is 4. The molecule has 104 heavy (non-hydrogen) atoms. The Hall–Kier alpha value is -11.4. The molecule has 3 atom stereocenters. The van der Waals surface area contributed by atoms with Crippen LogP contribution in [0.5, 0.6) is 0 Å². The monoisotopic (exact) mass is 1520 g/mol. The summed E-state index contributed by atoms with van der Waals surface area (Å²) < 4.78 is 4.41. The molecule has 0 bridgehead atoms. The fraction of sp³-hybridized carbons (Fsp3) is 0.153. The minimum Gasteiger partial charge on any atom is -0.384 e. The third-order valence-corrected chi connectivity index (χ3v) is 17.3. The van der Waals surface area contributed by atoms with Crippen LogP contribution in [0.1, 0.15) is 91.9 Å². The van der Waals surface area contributed by atoms with Crippen LogP contribution in [0.4, 0.5) is 28.8 Å². The van der Waals surface area contributed by atoms with E-state index in [1.54, 1.807) is 129 Å². The Kier molecular flexibility index (Phi) is 25.1. The molecule has 10 heterocycles. The van der Waals surface area contributed by atoms with Crippen molar-refractivity contribution in [2.75, 3.05) is 16.4 Å². The maximum Gasteiger partial charge on any atom is 0.276 e. The van der Waals surface area contributed by atoms with Crippen molar-refractivity contribution in [2.24, 2.45) is 5.73 Å². The number of nitrogens with two attached hydrogens (primary N) is 2. The lowest BCUT2D eigenvalue weighted by Crippen LogP contribution is -2.46. The second kappa shape index (κ2) is 34.1. The van der Waals surface area contributed by atoms with Gasteiger partial charge in [-0.05, 0) is 165 Å². The van der Waals surface area contributed by atoms with E-state index < -0.39 is 28.5 Å². The minimum absolute atomic E-state index is 0.0370. The Bertz CT molecular complexity index is 5030. The number of H-pyrrole nitrogens is 1. The normalized spacial score (nSPS) is 16.1. The summed E-state index contributed by atoms with van der Waals surface area (Å²) in [6, 6.07) is 46.3. The molecule has 532 valence electrons. The minimum atomic E-state index is -0.888. The molecule has 0 saturated carbocycles. The summed E-state index contributed by atoms with van der Waals surface area (Å²) in [5.74, 6) is 0.161. The molecule has 3 unspecified atom stereocenters. The lowest BCUT2D eigenvalue weighted by molar-refractivity contribution is -0.116. The first-order valence-corrected chi connectivity index (χ1v) is 33.4. The van der Waals surface area contributed by atoms with Gasteiger partial charge in [0.1, 0.15) is 103 Å². The number of anilines is 5. The standard InChI is InChI=1S/2C19H16ClN5O2.C15H12Cl2N2O2.C9H9ClO.C6H5ClN2O2.C4H5N3/c2*1-19(10-12-2-4-13(20)5-3-12)24-17(26)15-7-6-14(18(27)25(15)19)23-16-8-9-21-11-22-16;1-15(8-9-2-4-10(16)5-3-9)18-13(20)12-7-6-11(17)14(21)19(12)15;1-7(11)6-8-2-4-9(10)5-3-8;7-3-1-2-4(5(8)10)9-6(3)11;5-4-1-2-6-3-7-4/h2*2-9,11H,10H2,1H3,(H,24,26)(H,21,22,23);2-7H,8H2,1H3,(H,18,20);2-5H,6H2,1H3;1-2H,(H2,8,10)(H,9,11);1-3H,(H2,5,6,7). The molecule has 11 aromatic rings. The highest BCUT2D eigenvalue weighted by molar-refractivity contribution is 6.32. The van der Waals surface area contributed by atoms with Crippen LogP contribution in [0.2, 0.25) is 30.1 Å². The number of Topliss-reactive ketones (excluding diaryl/α,β-unsaturated/α-hetero) is 1.